The largest absolute Gasteiger partial charge is 0.459 e. The molecule has 0 spiro atoms. The fourth-order valence-electron chi connectivity index (χ4n) is 3.22. The van der Waals surface area contributed by atoms with Crippen LogP contribution in [0.4, 0.5) is 0 Å². The molecule has 25 heavy (non-hydrogen) atoms. The molecule has 0 aliphatic carbocycles. The summed E-state index contributed by atoms with van der Waals surface area (Å²) < 4.78 is 5.84. The van der Waals surface area contributed by atoms with Crippen molar-refractivity contribution in [1.82, 2.24) is 0 Å². The molecule has 0 N–H and O–H groups in total. The number of hydrogen-bond acceptors (Lipinski definition) is 2. The first-order valence-corrected chi connectivity index (χ1v) is 10.5. The molecule has 2 nitrogen and oxygen atoms in total. The highest BCUT2D eigenvalue weighted by molar-refractivity contribution is 5.91. The molecule has 0 aliphatic rings. The van der Waals surface area contributed by atoms with E-state index in [1.165, 1.54) is 51.4 Å². The van der Waals surface area contributed by atoms with Crippen molar-refractivity contribution in [2.24, 2.45) is 0 Å². The van der Waals surface area contributed by atoms with Crippen molar-refractivity contribution in [1.29, 1.82) is 0 Å². The highest BCUT2D eigenvalue weighted by atomic mass is 16.5. The average molecular weight is 347 g/mol. The van der Waals surface area contributed by atoms with Crippen molar-refractivity contribution < 1.29 is 9.53 Å². The molecule has 1 unspecified atom stereocenters. The van der Waals surface area contributed by atoms with Crippen molar-refractivity contribution in [3.05, 3.63) is 35.4 Å². The van der Waals surface area contributed by atoms with Crippen LogP contribution < -0.4 is 0 Å². The number of benzene rings is 1. The molecule has 0 aromatic heterocycles. The van der Waals surface area contributed by atoms with Crippen LogP contribution in [0.3, 0.4) is 0 Å². The van der Waals surface area contributed by atoms with Gasteiger partial charge in [-0.15, -0.1) is 0 Å². The lowest BCUT2D eigenvalue weighted by atomic mass is 10.0. The molecule has 1 aromatic carbocycles. The molecule has 0 radical (unpaired) electrons. The number of aryl methyl sites for hydroxylation is 1. The van der Waals surface area contributed by atoms with Gasteiger partial charge in [-0.3, -0.25) is 0 Å². The number of esters is 1. The number of carbonyl (C=O) groups is 1. The first kappa shape index (κ1) is 21.7. The van der Waals surface area contributed by atoms with Crippen LogP contribution in [0.1, 0.15) is 107 Å². The molecule has 0 fully saturated rings. The van der Waals surface area contributed by atoms with Crippen molar-refractivity contribution >= 4 is 5.97 Å². The predicted molar refractivity (Wildman–Crippen MR) is 107 cm³/mol. The molecule has 2 heteroatoms. The van der Waals surface area contributed by atoms with E-state index in [1.54, 1.807) is 0 Å². The fraction of sp³-hybridized carbons (Fsp3) is 0.696. The number of hydrogen-bond donors (Lipinski definition) is 0. The van der Waals surface area contributed by atoms with Crippen LogP contribution in [0.2, 0.25) is 0 Å². The van der Waals surface area contributed by atoms with Crippen molar-refractivity contribution in [3.63, 3.8) is 0 Å². The molecule has 1 aromatic rings. The topological polar surface area (TPSA) is 26.3 Å². The van der Waals surface area contributed by atoms with Gasteiger partial charge in [-0.2, -0.15) is 0 Å². The van der Waals surface area contributed by atoms with Gasteiger partial charge in [-0.25, -0.2) is 4.79 Å². The van der Waals surface area contributed by atoms with E-state index in [9.17, 15) is 4.79 Å². The lowest BCUT2D eigenvalue weighted by Crippen LogP contribution is -2.19. The van der Waals surface area contributed by atoms with Gasteiger partial charge in [0, 0.05) is 0 Å². The maximum absolute atomic E-state index is 12.5. The van der Waals surface area contributed by atoms with Gasteiger partial charge in [0.2, 0.25) is 0 Å². The van der Waals surface area contributed by atoms with Crippen LogP contribution >= 0.6 is 0 Å². The fourth-order valence-corrected chi connectivity index (χ4v) is 3.22. The van der Waals surface area contributed by atoms with Crippen LogP contribution in [-0.4, -0.2) is 12.1 Å². The summed E-state index contributed by atoms with van der Waals surface area (Å²) in [5, 5.41) is 0. The second kappa shape index (κ2) is 13.9. The van der Waals surface area contributed by atoms with Gasteiger partial charge in [-0.05, 0) is 37.8 Å². The summed E-state index contributed by atoms with van der Waals surface area (Å²) >= 11 is 0. The monoisotopic (exact) mass is 346 g/mol. The minimum atomic E-state index is -0.154. The summed E-state index contributed by atoms with van der Waals surface area (Å²) in [5.74, 6) is -0.154. The van der Waals surface area contributed by atoms with Crippen LogP contribution in [0.15, 0.2) is 24.3 Å². The molecule has 1 atom stereocenters. The molecule has 0 aliphatic heterocycles. The minimum Gasteiger partial charge on any atom is -0.459 e. The average Bonchev–Trinajstić information content (AvgIpc) is 2.61. The Labute approximate surface area is 155 Å². The molecule has 0 heterocycles. The Bertz CT molecular complexity index is 467. The van der Waals surface area contributed by atoms with Gasteiger partial charge in [0.05, 0.1) is 5.56 Å². The van der Waals surface area contributed by atoms with Gasteiger partial charge in [0.1, 0.15) is 6.10 Å². The Morgan fingerprint density at radius 2 is 1.40 bits per heavy atom. The lowest BCUT2D eigenvalue weighted by molar-refractivity contribution is 0.0249. The Morgan fingerprint density at radius 3 is 2.04 bits per heavy atom. The van der Waals surface area contributed by atoms with E-state index in [0.29, 0.717) is 5.56 Å². The third-order valence-electron chi connectivity index (χ3n) is 4.90. The van der Waals surface area contributed by atoms with Gasteiger partial charge in [0.15, 0.2) is 0 Å². The quantitative estimate of drug-likeness (QED) is 0.262. The van der Waals surface area contributed by atoms with Crippen molar-refractivity contribution in [2.45, 2.75) is 104 Å². The number of rotatable bonds is 14. The molecular weight excluding hydrogens is 308 g/mol. The molecule has 0 amide bonds. The Morgan fingerprint density at radius 1 is 0.840 bits per heavy atom. The molecule has 0 saturated carbocycles. The minimum absolute atomic E-state index is 0.0761. The summed E-state index contributed by atoms with van der Waals surface area (Å²) in [7, 11) is 0. The summed E-state index contributed by atoms with van der Waals surface area (Å²) in [6.45, 7) is 6.42. The zero-order valence-electron chi connectivity index (χ0n) is 16.7. The first-order valence-electron chi connectivity index (χ1n) is 10.5. The molecular formula is C23H38O2. The van der Waals surface area contributed by atoms with Crippen LogP contribution in [-0.2, 0) is 4.74 Å². The standard InChI is InChI=1S/C23H38O2/c1-4-6-8-9-10-11-12-13-18-21(17-7-5-2)25-23(24)22-19-15-14-16-20(22)3/h14-16,19,21H,4-13,17-18H2,1-3H3. The Kier molecular flexibility index (Phi) is 12.1. The number of carbonyl (C=O) groups excluding carboxylic acids is 1. The highest BCUT2D eigenvalue weighted by Gasteiger charge is 2.16. The maximum Gasteiger partial charge on any atom is 0.338 e. The van der Waals surface area contributed by atoms with Gasteiger partial charge < -0.3 is 4.74 Å². The summed E-state index contributed by atoms with van der Waals surface area (Å²) in [6.07, 6.45) is 14.9. The normalized spacial score (nSPS) is 12.1. The Hall–Kier alpha value is -1.31. The van der Waals surface area contributed by atoms with Gasteiger partial charge >= 0.3 is 5.97 Å². The predicted octanol–water partition coefficient (Wildman–Crippen LogP) is 7.24. The lowest BCUT2D eigenvalue weighted by Gasteiger charge is -2.18. The molecule has 0 bridgehead atoms. The van der Waals surface area contributed by atoms with E-state index >= 15 is 0 Å². The van der Waals surface area contributed by atoms with Crippen LogP contribution in [0, 0.1) is 6.92 Å². The molecule has 142 valence electrons. The van der Waals surface area contributed by atoms with Crippen molar-refractivity contribution in [2.75, 3.05) is 0 Å². The first-order chi connectivity index (χ1) is 12.2. The van der Waals surface area contributed by atoms with E-state index in [1.807, 2.05) is 31.2 Å². The maximum atomic E-state index is 12.5. The molecule has 0 saturated heterocycles. The van der Waals surface area contributed by atoms with Crippen LogP contribution in [0.25, 0.3) is 0 Å². The van der Waals surface area contributed by atoms with E-state index in [4.69, 9.17) is 4.74 Å². The van der Waals surface area contributed by atoms with E-state index < -0.39 is 0 Å². The van der Waals surface area contributed by atoms with Gasteiger partial charge in [0.25, 0.3) is 0 Å². The van der Waals surface area contributed by atoms with Crippen LogP contribution in [0.5, 0.6) is 0 Å². The van der Waals surface area contributed by atoms with E-state index in [2.05, 4.69) is 13.8 Å². The second-order valence-electron chi connectivity index (χ2n) is 7.25. The third-order valence-corrected chi connectivity index (χ3v) is 4.90. The smallest absolute Gasteiger partial charge is 0.338 e. The van der Waals surface area contributed by atoms with Crippen molar-refractivity contribution in [3.8, 4) is 0 Å². The summed E-state index contributed by atoms with van der Waals surface area (Å²) in [5.41, 5.74) is 1.70. The van der Waals surface area contributed by atoms with Gasteiger partial charge in [-0.1, -0.05) is 89.8 Å². The number of unbranched alkanes of at least 4 members (excludes halogenated alkanes) is 8. The number of ether oxygens (including phenoxy) is 1. The van der Waals surface area contributed by atoms with E-state index in [0.717, 1.165) is 31.2 Å². The zero-order chi connectivity index (χ0) is 18.3. The summed E-state index contributed by atoms with van der Waals surface area (Å²) in [4.78, 5) is 12.5. The second-order valence-corrected chi connectivity index (χ2v) is 7.25. The SMILES string of the molecule is CCCCCCCCCCC(CCCC)OC(=O)c1ccccc1C. The summed E-state index contributed by atoms with van der Waals surface area (Å²) in [6, 6.07) is 7.70. The zero-order valence-corrected chi connectivity index (χ0v) is 16.7. The van der Waals surface area contributed by atoms with E-state index in [-0.39, 0.29) is 12.1 Å². The Balaban J connectivity index is 2.33. The highest BCUT2D eigenvalue weighted by Crippen LogP contribution is 2.18. The molecule has 1 rings (SSSR count). The third kappa shape index (κ3) is 9.67.